The van der Waals surface area contributed by atoms with Gasteiger partial charge in [-0.1, -0.05) is 67.2 Å². The van der Waals surface area contributed by atoms with Gasteiger partial charge in [-0.15, -0.1) is 5.10 Å². The molecule has 1 amide bonds. The molecule has 1 aliphatic heterocycles. The van der Waals surface area contributed by atoms with E-state index in [1.807, 2.05) is 66.7 Å². The number of carbonyl (C=O) groups excluding carboxylic acids is 1. The first-order valence-electron chi connectivity index (χ1n) is 13.5. The Labute approximate surface area is 246 Å². The summed E-state index contributed by atoms with van der Waals surface area (Å²) in [7, 11) is 1.80. The smallest absolute Gasteiger partial charge is 0.275 e. The van der Waals surface area contributed by atoms with E-state index in [-0.39, 0.29) is 36.3 Å². The molecule has 42 heavy (non-hydrogen) atoms. The number of aliphatic hydroxyl groups excluding tert-OH is 1. The quantitative estimate of drug-likeness (QED) is 0.252. The van der Waals surface area contributed by atoms with Crippen LogP contribution in [0.5, 0.6) is 0 Å². The molecule has 3 aromatic carbocycles. The van der Waals surface area contributed by atoms with Crippen LogP contribution in [0.25, 0.3) is 11.0 Å². The minimum absolute atomic E-state index is 0.00396. The number of aryl methyl sites for hydroxylation is 1. The van der Waals surface area contributed by atoms with Gasteiger partial charge in [0.1, 0.15) is 5.69 Å². The van der Waals surface area contributed by atoms with E-state index < -0.39 is 6.29 Å². The van der Waals surface area contributed by atoms with Gasteiger partial charge in [0.25, 0.3) is 5.91 Å². The number of benzene rings is 3. The lowest BCUT2D eigenvalue weighted by atomic mass is 9.91. The van der Waals surface area contributed by atoms with Gasteiger partial charge in [-0.3, -0.25) is 9.78 Å². The molecule has 6 rings (SSSR count). The van der Waals surface area contributed by atoms with Crippen LogP contribution in [-0.4, -0.2) is 53.0 Å². The molecule has 0 aliphatic carbocycles. The fourth-order valence-corrected chi connectivity index (χ4v) is 5.85. The normalized spacial score (nSPS) is 20.5. The Morgan fingerprint density at radius 1 is 1.02 bits per heavy atom. The summed E-state index contributed by atoms with van der Waals surface area (Å²) in [6.07, 6.45) is 0.312. The van der Waals surface area contributed by atoms with Gasteiger partial charge in [-0.25, -0.2) is 9.67 Å². The molecule has 5 aromatic rings. The summed E-state index contributed by atoms with van der Waals surface area (Å²) in [6, 6.07) is 22.6. The van der Waals surface area contributed by atoms with Crippen molar-refractivity contribution >= 4 is 34.4 Å². The summed E-state index contributed by atoms with van der Waals surface area (Å²) >= 11 is 1.52. The van der Waals surface area contributed by atoms with E-state index in [0.29, 0.717) is 22.1 Å². The molecule has 2 aromatic heterocycles. The van der Waals surface area contributed by atoms with Crippen LogP contribution in [-0.2, 0) is 23.1 Å². The lowest BCUT2D eigenvalue weighted by Crippen LogP contribution is -2.38. The van der Waals surface area contributed by atoms with Crippen LogP contribution < -0.4 is 5.32 Å². The molecular formula is C30H29N7O4S. The maximum absolute atomic E-state index is 13.0. The number of aliphatic hydroxyl groups is 1. The van der Waals surface area contributed by atoms with Crippen molar-refractivity contribution in [2.75, 3.05) is 11.1 Å². The van der Waals surface area contributed by atoms with E-state index in [4.69, 9.17) is 9.47 Å². The fourth-order valence-electron chi connectivity index (χ4n) is 4.83. The molecule has 0 bridgehead atoms. The summed E-state index contributed by atoms with van der Waals surface area (Å²) < 4.78 is 14.7. The van der Waals surface area contributed by atoms with Crippen LogP contribution in [0.2, 0.25) is 0 Å². The van der Waals surface area contributed by atoms with Crippen molar-refractivity contribution in [3.8, 4) is 0 Å². The van der Waals surface area contributed by atoms with Crippen molar-refractivity contribution in [1.82, 2.24) is 30.2 Å². The number of rotatable bonds is 8. The second-order valence-corrected chi connectivity index (χ2v) is 11.0. The summed E-state index contributed by atoms with van der Waals surface area (Å²) in [4.78, 5) is 21.8. The molecule has 0 unspecified atom stereocenters. The zero-order chi connectivity index (χ0) is 29.1. The molecule has 1 aliphatic rings. The van der Waals surface area contributed by atoms with Crippen molar-refractivity contribution in [1.29, 1.82) is 0 Å². The molecule has 0 saturated carbocycles. The van der Waals surface area contributed by atoms with Gasteiger partial charge in [-0.2, -0.15) is 0 Å². The van der Waals surface area contributed by atoms with Gasteiger partial charge < -0.3 is 19.9 Å². The molecule has 214 valence electrons. The van der Waals surface area contributed by atoms with Gasteiger partial charge in [-0.05, 0) is 45.8 Å². The van der Waals surface area contributed by atoms with Crippen molar-refractivity contribution in [2.45, 2.75) is 37.2 Å². The maximum Gasteiger partial charge on any atom is 0.275 e. The number of thioether (sulfide) groups is 1. The van der Waals surface area contributed by atoms with Crippen LogP contribution >= 0.6 is 11.8 Å². The molecule has 4 atom stereocenters. The highest BCUT2D eigenvalue weighted by Gasteiger charge is 2.38. The van der Waals surface area contributed by atoms with E-state index in [0.717, 1.165) is 22.2 Å². The summed E-state index contributed by atoms with van der Waals surface area (Å²) in [5.41, 5.74) is 4.76. The van der Waals surface area contributed by atoms with Crippen molar-refractivity contribution < 1.29 is 19.4 Å². The third-order valence-electron chi connectivity index (χ3n) is 7.18. The lowest BCUT2D eigenvalue weighted by molar-refractivity contribution is -0.268. The first kappa shape index (κ1) is 27.9. The topological polar surface area (TPSA) is 137 Å². The highest BCUT2D eigenvalue weighted by molar-refractivity contribution is 7.99. The molecule has 2 N–H and O–H groups in total. The Kier molecular flexibility index (Phi) is 8.20. The number of hydrogen-bond acceptors (Lipinski definition) is 10. The summed E-state index contributed by atoms with van der Waals surface area (Å²) in [5.74, 6) is 0.250. The number of amides is 1. The van der Waals surface area contributed by atoms with Crippen LogP contribution in [0.3, 0.4) is 0 Å². The highest BCUT2D eigenvalue weighted by Crippen LogP contribution is 2.43. The number of nitrogens with zero attached hydrogens (tertiary/aromatic N) is 6. The Balaban J connectivity index is 1.24. The van der Waals surface area contributed by atoms with Gasteiger partial charge in [0.15, 0.2) is 6.29 Å². The van der Waals surface area contributed by atoms with Crippen molar-refractivity contribution in [2.24, 2.45) is 13.0 Å². The van der Waals surface area contributed by atoms with Gasteiger partial charge in [0.05, 0.1) is 36.0 Å². The number of ether oxygens (including phenoxy) is 2. The predicted molar refractivity (Wildman–Crippen MR) is 156 cm³/mol. The first-order valence-corrected chi connectivity index (χ1v) is 14.5. The average molecular weight is 584 g/mol. The van der Waals surface area contributed by atoms with E-state index in [1.54, 1.807) is 17.8 Å². The van der Waals surface area contributed by atoms with Crippen LogP contribution in [0.15, 0.2) is 84.1 Å². The third-order valence-corrected chi connectivity index (χ3v) is 8.28. The number of aromatic nitrogens is 6. The Bertz CT molecular complexity index is 1700. The molecule has 0 radical (unpaired) electrons. The molecule has 3 heterocycles. The summed E-state index contributed by atoms with van der Waals surface area (Å²) in [6.45, 7) is 2.07. The van der Waals surface area contributed by atoms with E-state index in [2.05, 4.69) is 37.7 Å². The molecular weight excluding hydrogens is 554 g/mol. The number of para-hydroxylation sites is 2. The fraction of sp³-hybridized carbons (Fsp3) is 0.267. The minimum atomic E-state index is -0.691. The third kappa shape index (κ3) is 6.02. The van der Waals surface area contributed by atoms with Crippen LogP contribution in [0.4, 0.5) is 5.69 Å². The summed E-state index contributed by atoms with van der Waals surface area (Å²) in [5, 5.41) is 24.9. The van der Waals surface area contributed by atoms with E-state index in [1.165, 1.54) is 18.0 Å². The highest BCUT2D eigenvalue weighted by atomic mass is 32.2. The number of fused-ring (bicyclic) bond motifs is 1. The Morgan fingerprint density at radius 2 is 1.83 bits per heavy atom. The van der Waals surface area contributed by atoms with E-state index in [9.17, 15) is 9.90 Å². The maximum atomic E-state index is 13.0. The number of tetrazole rings is 1. The molecule has 0 spiro atoms. The number of nitrogens with one attached hydrogen (secondary N) is 1. The molecule has 11 nitrogen and oxygen atoms in total. The molecule has 1 saturated heterocycles. The SMILES string of the molecule is C[C@@H]1[C@H](CSc2nnnn2C)O[C@H](c2cccc(NC(=O)c3cnc4ccccc4n3)c2)O[C@@H]1c1ccc(CO)cc1. The van der Waals surface area contributed by atoms with Gasteiger partial charge in [0.2, 0.25) is 5.16 Å². The lowest BCUT2D eigenvalue weighted by Gasteiger charge is -2.41. The van der Waals surface area contributed by atoms with Crippen LogP contribution in [0.1, 0.15) is 46.5 Å². The second kappa shape index (κ2) is 12.3. The number of anilines is 1. The zero-order valence-corrected chi connectivity index (χ0v) is 23.8. The Morgan fingerprint density at radius 3 is 2.60 bits per heavy atom. The standard InChI is InChI=1S/C30H29N7O4S/c1-18-26(17-42-30-34-35-36-37(30)2)40-29(41-27(18)20-12-10-19(16-38)11-13-20)21-6-5-7-22(14-21)32-28(39)25-15-31-23-8-3-4-9-24(23)33-25/h3-15,18,26-27,29,38H,16-17H2,1-2H3,(H,32,39)/t18-,26+,27+,29+/m1/s1. The predicted octanol–water partition coefficient (Wildman–Crippen LogP) is 4.48. The first-order chi connectivity index (χ1) is 20.5. The van der Waals surface area contributed by atoms with Crippen molar-refractivity contribution in [3.05, 3.63) is 101 Å². The van der Waals surface area contributed by atoms with E-state index >= 15 is 0 Å². The molecule has 1 fully saturated rings. The number of carbonyl (C=O) groups is 1. The van der Waals surface area contributed by atoms with Crippen molar-refractivity contribution in [3.63, 3.8) is 0 Å². The Hall–Kier alpha value is -4.23. The van der Waals surface area contributed by atoms with Crippen LogP contribution in [0, 0.1) is 5.92 Å². The largest absolute Gasteiger partial charge is 0.392 e. The monoisotopic (exact) mass is 583 g/mol. The second-order valence-electron chi connectivity index (χ2n) is 10.0. The van der Waals surface area contributed by atoms with Gasteiger partial charge in [0, 0.05) is 30.0 Å². The average Bonchev–Trinajstić information content (AvgIpc) is 3.44. The van der Waals surface area contributed by atoms with Gasteiger partial charge >= 0.3 is 0 Å². The molecule has 12 heteroatoms. The zero-order valence-electron chi connectivity index (χ0n) is 23.0. The minimum Gasteiger partial charge on any atom is -0.392 e. The number of hydrogen-bond donors (Lipinski definition) is 2.